The topological polar surface area (TPSA) is 50.3 Å². The molecule has 2 rings (SSSR count). The fraction of sp³-hybridized carbons (Fsp3) is 0.636. The van der Waals surface area contributed by atoms with Crippen molar-refractivity contribution in [2.45, 2.75) is 19.4 Å². The number of anilines is 1. The third kappa shape index (κ3) is 2.24. The maximum atomic E-state index is 5.16. The molecule has 0 spiro atoms. The summed E-state index contributed by atoms with van der Waals surface area (Å²) in [5.74, 6) is 1.37. The molecular formula is C11H18N4O. The Bertz CT molecular complexity index is 363. The van der Waals surface area contributed by atoms with Gasteiger partial charge in [0, 0.05) is 31.4 Å². The first-order valence-electron chi connectivity index (χ1n) is 5.54. The number of nitrogens with zero attached hydrogens (tertiary/aromatic N) is 3. The molecule has 1 N–H and O–H groups in total. The van der Waals surface area contributed by atoms with Gasteiger partial charge in [0.15, 0.2) is 0 Å². The molecule has 0 radical (unpaired) electrons. The highest BCUT2D eigenvalue weighted by molar-refractivity contribution is 5.35. The number of aryl methyl sites for hydroxylation is 1. The lowest BCUT2D eigenvalue weighted by Gasteiger charge is -2.24. The average Bonchev–Trinajstić information content (AvgIpc) is 2.80. The Kier molecular flexibility index (Phi) is 3.24. The quantitative estimate of drug-likeness (QED) is 0.811. The van der Waals surface area contributed by atoms with Gasteiger partial charge in [-0.3, -0.25) is 0 Å². The lowest BCUT2D eigenvalue weighted by Crippen LogP contribution is -2.34. The first kappa shape index (κ1) is 11.1. The lowest BCUT2D eigenvalue weighted by molar-refractivity contribution is 0.396. The van der Waals surface area contributed by atoms with E-state index in [1.165, 1.54) is 0 Å². The molecule has 0 saturated carbocycles. The molecule has 1 saturated heterocycles. The summed E-state index contributed by atoms with van der Waals surface area (Å²) in [4.78, 5) is 10.9. The van der Waals surface area contributed by atoms with Crippen molar-refractivity contribution < 1.29 is 4.74 Å². The van der Waals surface area contributed by atoms with Gasteiger partial charge in [-0.1, -0.05) is 0 Å². The van der Waals surface area contributed by atoms with Gasteiger partial charge in [-0.25, -0.2) is 4.98 Å². The zero-order chi connectivity index (χ0) is 11.5. The number of aromatic nitrogens is 2. The molecule has 16 heavy (non-hydrogen) atoms. The van der Waals surface area contributed by atoms with Crippen LogP contribution >= 0.6 is 0 Å². The van der Waals surface area contributed by atoms with Gasteiger partial charge in [0.2, 0.25) is 11.8 Å². The van der Waals surface area contributed by atoms with Crippen LogP contribution in [0.2, 0.25) is 0 Å². The number of hydrogen-bond acceptors (Lipinski definition) is 5. The minimum absolute atomic E-state index is 0.478. The molecule has 1 aromatic heterocycles. The van der Waals surface area contributed by atoms with Gasteiger partial charge < -0.3 is 15.0 Å². The molecule has 1 fully saturated rings. The highest BCUT2D eigenvalue weighted by atomic mass is 16.5. The Morgan fingerprint density at radius 3 is 2.94 bits per heavy atom. The van der Waals surface area contributed by atoms with Gasteiger partial charge in [0.1, 0.15) is 0 Å². The van der Waals surface area contributed by atoms with Crippen molar-refractivity contribution in [3.63, 3.8) is 0 Å². The number of hydrogen-bond donors (Lipinski definition) is 1. The molecule has 2 heterocycles. The van der Waals surface area contributed by atoms with E-state index >= 15 is 0 Å². The Hall–Kier alpha value is -1.36. The van der Waals surface area contributed by atoms with Gasteiger partial charge in [-0.05, 0) is 19.9 Å². The van der Waals surface area contributed by atoms with Gasteiger partial charge >= 0.3 is 0 Å². The van der Waals surface area contributed by atoms with Crippen molar-refractivity contribution in [1.82, 2.24) is 15.3 Å². The van der Waals surface area contributed by atoms with Crippen LogP contribution in [0.5, 0.6) is 5.88 Å². The summed E-state index contributed by atoms with van der Waals surface area (Å²) in [6.07, 6.45) is 1.14. The van der Waals surface area contributed by atoms with Crippen molar-refractivity contribution in [1.29, 1.82) is 0 Å². The molecule has 5 nitrogen and oxygen atoms in total. The molecule has 88 valence electrons. The Morgan fingerprint density at radius 1 is 1.50 bits per heavy atom. The van der Waals surface area contributed by atoms with Crippen LogP contribution in [0.3, 0.4) is 0 Å². The van der Waals surface area contributed by atoms with Crippen LogP contribution in [-0.2, 0) is 0 Å². The zero-order valence-corrected chi connectivity index (χ0v) is 10.0. The van der Waals surface area contributed by atoms with Crippen molar-refractivity contribution in [2.24, 2.45) is 0 Å². The highest BCUT2D eigenvalue weighted by Crippen LogP contribution is 2.17. The normalized spacial score (nSPS) is 19.8. The number of nitrogens with one attached hydrogen (secondary N) is 1. The first-order valence-corrected chi connectivity index (χ1v) is 5.54. The predicted molar refractivity (Wildman–Crippen MR) is 63.0 cm³/mol. The summed E-state index contributed by atoms with van der Waals surface area (Å²) in [5, 5.41) is 3.34. The molecule has 1 aliphatic rings. The van der Waals surface area contributed by atoms with Gasteiger partial charge in [-0.2, -0.15) is 4.98 Å². The van der Waals surface area contributed by atoms with E-state index in [0.29, 0.717) is 11.9 Å². The fourth-order valence-corrected chi connectivity index (χ4v) is 1.92. The fourth-order valence-electron chi connectivity index (χ4n) is 1.92. The van der Waals surface area contributed by atoms with Crippen LogP contribution in [0.15, 0.2) is 6.07 Å². The van der Waals surface area contributed by atoms with E-state index in [2.05, 4.69) is 20.2 Å². The summed E-state index contributed by atoms with van der Waals surface area (Å²) in [6, 6.07) is 2.32. The molecule has 0 aromatic carbocycles. The molecule has 0 aliphatic carbocycles. The molecule has 0 amide bonds. The van der Waals surface area contributed by atoms with Crippen LogP contribution in [0.1, 0.15) is 12.1 Å². The Labute approximate surface area is 95.8 Å². The SMILES string of the molecule is COc1cc(C)nc(N(C)C2CCNC2)n1. The van der Waals surface area contributed by atoms with Crippen molar-refractivity contribution >= 4 is 5.95 Å². The maximum Gasteiger partial charge on any atom is 0.228 e. The summed E-state index contributed by atoms with van der Waals surface area (Å²) >= 11 is 0. The summed E-state index contributed by atoms with van der Waals surface area (Å²) < 4.78 is 5.16. The van der Waals surface area contributed by atoms with Crippen molar-refractivity contribution in [2.75, 3.05) is 32.1 Å². The standard InChI is InChI=1S/C11H18N4O/c1-8-6-10(16-3)14-11(13-8)15(2)9-4-5-12-7-9/h6,9,12H,4-5,7H2,1-3H3. The number of likely N-dealkylation sites (N-methyl/N-ethyl adjacent to an activating group) is 1. The summed E-state index contributed by atoms with van der Waals surface area (Å²) in [7, 11) is 3.66. The lowest BCUT2D eigenvalue weighted by atomic mass is 10.2. The first-order chi connectivity index (χ1) is 7.70. The molecular weight excluding hydrogens is 204 g/mol. The van der Waals surface area contributed by atoms with Crippen molar-refractivity contribution in [3.8, 4) is 5.88 Å². The third-order valence-corrected chi connectivity index (χ3v) is 2.93. The maximum absolute atomic E-state index is 5.16. The Balaban J connectivity index is 2.21. The van der Waals surface area contributed by atoms with Gasteiger partial charge in [0.05, 0.1) is 7.11 Å². The van der Waals surface area contributed by atoms with E-state index in [4.69, 9.17) is 4.74 Å². The number of rotatable bonds is 3. The smallest absolute Gasteiger partial charge is 0.228 e. The molecule has 1 unspecified atom stereocenters. The second-order valence-electron chi connectivity index (χ2n) is 4.11. The molecule has 0 bridgehead atoms. The van der Waals surface area contributed by atoms with Gasteiger partial charge in [-0.15, -0.1) is 0 Å². The van der Waals surface area contributed by atoms with Crippen LogP contribution in [0, 0.1) is 6.92 Å². The third-order valence-electron chi connectivity index (χ3n) is 2.93. The largest absolute Gasteiger partial charge is 0.481 e. The summed E-state index contributed by atoms with van der Waals surface area (Å²) in [5.41, 5.74) is 0.930. The summed E-state index contributed by atoms with van der Waals surface area (Å²) in [6.45, 7) is 4.02. The van der Waals surface area contributed by atoms with E-state index in [0.717, 1.165) is 31.2 Å². The van der Waals surface area contributed by atoms with Crippen LogP contribution in [-0.4, -0.2) is 43.3 Å². The van der Waals surface area contributed by atoms with Crippen LogP contribution < -0.4 is 15.0 Å². The average molecular weight is 222 g/mol. The van der Waals surface area contributed by atoms with Gasteiger partial charge in [0.25, 0.3) is 0 Å². The second kappa shape index (κ2) is 4.65. The zero-order valence-electron chi connectivity index (χ0n) is 10.0. The monoisotopic (exact) mass is 222 g/mol. The van der Waals surface area contributed by atoms with Crippen LogP contribution in [0.4, 0.5) is 5.95 Å². The van der Waals surface area contributed by atoms with E-state index in [9.17, 15) is 0 Å². The second-order valence-corrected chi connectivity index (χ2v) is 4.11. The van der Waals surface area contributed by atoms with Crippen molar-refractivity contribution in [3.05, 3.63) is 11.8 Å². The predicted octanol–water partition coefficient (Wildman–Crippen LogP) is 0.592. The molecule has 1 aliphatic heterocycles. The van der Waals surface area contributed by atoms with E-state index in [1.807, 2.05) is 20.0 Å². The molecule has 1 atom stereocenters. The minimum Gasteiger partial charge on any atom is -0.481 e. The Morgan fingerprint density at radius 2 is 2.31 bits per heavy atom. The van der Waals surface area contributed by atoms with Crippen LogP contribution in [0.25, 0.3) is 0 Å². The van der Waals surface area contributed by atoms with E-state index in [1.54, 1.807) is 7.11 Å². The minimum atomic E-state index is 0.478. The van der Waals surface area contributed by atoms with E-state index in [-0.39, 0.29) is 0 Å². The van der Waals surface area contributed by atoms with E-state index < -0.39 is 0 Å². The highest BCUT2D eigenvalue weighted by Gasteiger charge is 2.21. The molecule has 1 aromatic rings. The molecule has 5 heteroatoms. The number of methoxy groups -OCH3 is 1. The number of ether oxygens (including phenoxy) is 1.